The molecule has 2 unspecified atom stereocenters. The van der Waals surface area contributed by atoms with Crippen LogP contribution < -0.4 is 4.72 Å². The van der Waals surface area contributed by atoms with Crippen molar-refractivity contribution in [2.75, 3.05) is 0 Å². The summed E-state index contributed by atoms with van der Waals surface area (Å²) in [5, 5.41) is 6.11. The van der Waals surface area contributed by atoms with Crippen molar-refractivity contribution in [3.63, 3.8) is 0 Å². The second kappa shape index (κ2) is 5.87. The summed E-state index contributed by atoms with van der Waals surface area (Å²) in [6, 6.07) is -1.56. The third kappa shape index (κ3) is 5.21. The van der Waals surface area contributed by atoms with Gasteiger partial charge in [-0.15, -0.1) is 0 Å². The van der Waals surface area contributed by atoms with Crippen LogP contribution >= 0.6 is 0 Å². The van der Waals surface area contributed by atoms with Crippen molar-refractivity contribution in [1.29, 1.82) is 0 Å². The van der Waals surface area contributed by atoms with Crippen LogP contribution in [0.2, 0.25) is 0 Å². The van der Waals surface area contributed by atoms with Crippen molar-refractivity contribution in [2.45, 2.75) is 44.7 Å². The third-order valence-electron chi connectivity index (χ3n) is 2.24. The van der Waals surface area contributed by atoms with Gasteiger partial charge in [0, 0.05) is 0 Å². The Bertz CT molecular complexity index is 391. The Balaban J connectivity index is 4.99. The Morgan fingerprint density at radius 2 is 1.72 bits per heavy atom. The highest BCUT2D eigenvalue weighted by Crippen LogP contribution is 2.25. The number of carboxylic acids is 1. The van der Waals surface area contributed by atoms with Crippen molar-refractivity contribution in [1.82, 2.24) is 4.72 Å². The summed E-state index contributed by atoms with van der Waals surface area (Å²) in [5.74, 6) is -1.67. The third-order valence-corrected chi connectivity index (χ3v) is 4.05. The average molecular weight is 291 g/mol. The molecule has 0 aromatic heterocycles. The molecule has 0 aromatic carbocycles. The average Bonchev–Trinajstić information content (AvgIpc) is 2.12. The van der Waals surface area contributed by atoms with E-state index in [4.69, 9.17) is 5.11 Å². The van der Waals surface area contributed by atoms with Gasteiger partial charge in [0.25, 0.3) is 0 Å². The van der Waals surface area contributed by atoms with Gasteiger partial charge < -0.3 is 5.11 Å². The van der Waals surface area contributed by atoms with E-state index in [0.717, 1.165) is 0 Å². The van der Waals surface area contributed by atoms with Crippen LogP contribution in [0.25, 0.3) is 0 Å². The van der Waals surface area contributed by atoms with Crippen LogP contribution in [0.5, 0.6) is 0 Å². The van der Waals surface area contributed by atoms with Crippen LogP contribution in [0, 0.1) is 5.92 Å². The molecule has 0 aliphatic heterocycles. The minimum atomic E-state index is -4.94. The summed E-state index contributed by atoms with van der Waals surface area (Å²) < 4.78 is 61.2. The molecule has 0 aliphatic carbocycles. The lowest BCUT2D eigenvalue weighted by atomic mass is 10.1. The van der Waals surface area contributed by atoms with Gasteiger partial charge in [0.1, 0.15) is 6.04 Å². The van der Waals surface area contributed by atoms with E-state index in [1.807, 2.05) is 0 Å². The molecule has 0 saturated heterocycles. The second-order valence-corrected chi connectivity index (χ2v) is 6.40. The molecular weight excluding hydrogens is 275 g/mol. The van der Waals surface area contributed by atoms with Crippen LogP contribution in [0.15, 0.2) is 0 Å². The molecule has 0 radical (unpaired) electrons. The normalized spacial score (nSPS) is 16.6. The summed E-state index contributed by atoms with van der Waals surface area (Å²) >= 11 is 0. The number of aliphatic carboxylic acids is 1. The fourth-order valence-electron chi connectivity index (χ4n) is 1.15. The van der Waals surface area contributed by atoms with Gasteiger partial charge in [-0.2, -0.15) is 13.2 Å². The molecule has 0 fully saturated rings. The Kier molecular flexibility index (Phi) is 5.60. The van der Waals surface area contributed by atoms with E-state index in [2.05, 4.69) is 0 Å². The fourth-order valence-corrected chi connectivity index (χ4v) is 2.30. The first-order chi connectivity index (χ1) is 7.88. The first kappa shape index (κ1) is 17.2. The molecule has 2 N–H and O–H groups in total. The SMILES string of the molecule is CC(C)CC(NS(=O)(=O)C(C)C(F)(F)F)C(=O)O. The maximum Gasteiger partial charge on any atom is 0.406 e. The van der Waals surface area contributed by atoms with E-state index in [-0.39, 0.29) is 12.3 Å². The minimum absolute atomic E-state index is 0.0842. The number of alkyl halides is 3. The molecule has 0 bridgehead atoms. The zero-order valence-corrected chi connectivity index (χ0v) is 11.0. The van der Waals surface area contributed by atoms with Crippen molar-refractivity contribution >= 4 is 16.0 Å². The van der Waals surface area contributed by atoms with Crippen molar-refractivity contribution in [2.24, 2.45) is 5.92 Å². The summed E-state index contributed by atoms with van der Waals surface area (Å²) in [6.45, 7) is 3.74. The summed E-state index contributed by atoms with van der Waals surface area (Å²) in [5.41, 5.74) is 0. The van der Waals surface area contributed by atoms with Gasteiger partial charge in [-0.1, -0.05) is 13.8 Å². The molecule has 0 aliphatic rings. The Morgan fingerprint density at radius 3 is 2.00 bits per heavy atom. The van der Waals surface area contributed by atoms with Gasteiger partial charge in [-0.3, -0.25) is 4.79 Å². The maximum atomic E-state index is 12.3. The molecule has 0 spiro atoms. The van der Waals surface area contributed by atoms with E-state index in [0.29, 0.717) is 6.92 Å². The quantitative estimate of drug-likeness (QED) is 0.774. The van der Waals surface area contributed by atoms with Gasteiger partial charge in [0.05, 0.1) is 0 Å². The first-order valence-corrected chi connectivity index (χ1v) is 6.73. The highest BCUT2D eigenvalue weighted by molar-refractivity contribution is 7.90. The molecule has 0 heterocycles. The number of hydrogen-bond donors (Lipinski definition) is 2. The summed E-state index contributed by atoms with van der Waals surface area (Å²) in [6.07, 6.45) is -5.02. The number of rotatable bonds is 6. The van der Waals surface area contributed by atoms with Crippen LogP contribution in [-0.2, 0) is 14.8 Å². The molecule has 9 heteroatoms. The first-order valence-electron chi connectivity index (χ1n) is 5.18. The topological polar surface area (TPSA) is 83.5 Å². The predicted molar refractivity (Wildman–Crippen MR) is 58.5 cm³/mol. The van der Waals surface area contributed by atoms with E-state index >= 15 is 0 Å². The number of carbonyl (C=O) groups is 1. The lowest BCUT2D eigenvalue weighted by molar-refractivity contribution is -0.139. The largest absolute Gasteiger partial charge is 0.480 e. The van der Waals surface area contributed by atoms with Gasteiger partial charge in [0.15, 0.2) is 5.25 Å². The number of halogens is 3. The number of carboxylic acid groups (broad SMARTS) is 1. The van der Waals surface area contributed by atoms with Crippen molar-refractivity contribution in [3.8, 4) is 0 Å². The highest BCUT2D eigenvalue weighted by atomic mass is 32.2. The van der Waals surface area contributed by atoms with E-state index in [1.165, 1.54) is 0 Å². The van der Waals surface area contributed by atoms with E-state index in [9.17, 15) is 26.4 Å². The zero-order chi connectivity index (χ0) is 14.7. The van der Waals surface area contributed by atoms with Crippen molar-refractivity contribution < 1.29 is 31.5 Å². The molecule has 0 amide bonds. The molecule has 0 saturated carbocycles. The van der Waals surface area contributed by atoms with Crippen molar-refractivity contribution in [3.05, 3.63) is 0 Å². The molecule has 0 rings (SSSR count). The maximum absolute atomic E-state index is 12.3. The second-order valence-electron chi connectivity index (χ2n) is 4.37. The fraction of sp³-hybridized carbons (Fsp3) is 0.889. The molecule has 108 valence electrons. The minimum Gasteiger partial charge on any atom is -0.480 e. The summed E-state index contributed by atoms with van der Waals surface area (Å²) in [7, 11) is -4.76. The number of nitrogens with one attached hydrogen (secondary N) is 1. The van der Waals surface area contributed by atoms with Crippen LogP contribution in [0.3, 0.4) is 0 Å². The van der Waals surface area contributed by atoms with Gasteiger partial charge in [-0.25, -0.2) is 13.1 Å². The smallest absolute Gasteiger partial charge is 0.406 e. The number of hydrogen-bond acceptors (Lipinski definition) is 3. The highest BCUT2D eigenvalue weighted by Gasteiger charge is 2.46. The molecule has 5 nitrogen and oxygen atoms in total. The monoisotopic (exact) mass is 291 g/mol. The van der Waals surface area contributed by atoms with Crippen LogP contribution in [0.1, 0.15) is 27.2 Å². The molecule has 0 aromatic rings. The summed E-state index contributed by atoms with van der Waals surface area (Å²) in [4.78, 5) is 10.8. The molecule has 18 heavy (non-hydrogen) atoms. The lowest BCUT2D eigenvalue weighted by Crippen LogP contribution is -2.48. The zero-order valence-electron chi connectivity index (χ0n) is 10.2. The van der Waals surface area contributed by atoms with Crippen LogP contribution in [0.4, 0.5) is 13.2 Å². The Morgan fingerprint density at radius 1 is 1.28 bits per heavy atom. The van der Waals surface area contributed by atoms with E-state index in [1.54, 1.807) is 18.6 Å². The van der Waals surface area contributed by atoms with Gasteiger partial charge >= 0.3 is 12.1 Å². The Labute approximate surface area is 103 Å². The standard InChI is InChI=1S/C9H16F3NO4S/c1-5(2)4-7(8(14)15)13-18(16,17)6(3)9(10,11)12/h5-7,13H,4H2,1-3H3,(H,14,15). The number of sulfonamides is 1. The van der Waals surface area contributed by atoms with Gasteiger partial charge in [-0.05, 0) is 19.3 Å². The Hall–Kier alpha value is -0.830. The van der Waals surface area contributed by atoms with Gasteiger partial charge in [0.2, 0.25) is 10.0 Å². The lowest BCUT2D eigenvalue weighted by Gasteiger charge is -2.21. The van der Waals surface area contributed by atoms with E-state index < -0.39 is 33.5 Å². The van der Waals surface area contributed by atoms with Crippen LogP contribution in [-0.4, -0.2) is 37.0 Å². The molecule has 2 atom stereocenters. The predicted octanol–water partition coefficient (Wildman–Crippen LogP) is 1.36. The molecular formula is C9H16F3NO4S.